The lowest BCUT2D eigenvalue weighted by atomic mass is 10.0. The summed E-state index contributed by atoms with van der Waals surface area (Å²) in [5, 5.41) is 24.1. The van der Waals surface area contributed by atoms with Crippen molar-refractivity contribution in [3.63, 3.8) is 0 Å². The van der Waals surface area contributed by atoms with Crippen molar-refractivity contribution in [1.29, 1.82) is 0 Å². The number of nitrogens with one attached hydrogen (secondary N) is 1. The molecule has 37 heavy (non-hydrogen) atoms. The van der Waals surface area contributed by atoms with Crippen LogP contribution in [0.25, 0.3) is 34.3 Å². The lowest BCUT2D eigenvalue weighted by Gasteiger charge is -2.09. The first kappa shape index (κ1) is 24.1. The average Bonchev–Trinajstić information content (AvgIpc) is 3.67. The maximum absolute atomic E-state index is 13.9. The van der Waals surface area contributed by atoms with Gasteiger partial charge in [-0.15, -0.1) is 0 Å². The molecule has 0 aliphatic carbocycles. The molecule has 2 N–H and O–H groups in total. The molecule has 0 amide bonds. The summed E-state index contributed by atoms with van der Waals surface area (Å²) in [6.07, 6.45) is -4.49. The average molecular weight is 510 g/mol. The lowest BCUT2D eigenvalue weighted by Crippen LogP contribution is -2.13. The van der Waals surface area contributed by atoms with Crippen LogP contribution >= 0.6 is 0 Å². The fraction of sp³-hybridized carbons (Fsp3) is 0.167. The summed E-state index contributed by atoms with van der Waals surface area (Å²) in [7, 11) is 0. The van der Waals surface area contributed by atoms with Crippen molar-refractivity contribution in [3.8, 4) is 34.3 Å². The van der Waals surface area contributed by atoms with Gasteiger partial charge in [-0.05, 0) is 5.56 Å². The molecule has 0 spiro atoms. The number of alkyl halides is 3. The quantitative estimate of drug-likeness (QED) is 0.310. The van der Waals surface area contributed by atoms with Crippen molar-refractivity contribution in [2.75, 3.05) is 0 Å². The Kier molecular flexibility index (Phi) is 6.36. The van der Waals surface area contributed by atoms with Crippen LogP contribution in [0.15, 0.2) is 70.0 Å². The standard InChI is InChI=1S/C24H17F3N6O4/c25-24(26,27)18-19(13-4-2-1-3-5-13)32-36-21(18)23-30-22(33-37-23)15-8-6-14(7-9-15)20(35)16(34)10-11-17-28-12-29-31-17/h1-9,12,20,35H,10-11H2,(H,28,29,31). The van der Waals surface area contributed by atoms with Gasteiger partial charge in [0.1, 0.15) is 29.5 Å². The normalized spacial score (nSPS) is 12.5. The number of rotatable bonds is 8. The molecule has 0 saturated carbocycles. The van der Waals surface area contributed by atoms with Crippen molar-refractivity contribution >= 4 is 5.78 Å². The van der Waals surface area contributed by atoms with Crippen LogP contribution in [-0.4, -0.2) is 41.4 Å². The molecule has 0 fully saturated rings. The highest BCUT2D eigenvalue weighted by molar-refractivity contribution is 5.84. The van der Waals surface area contributed by atoms with Gasteiger partial charge in [0, 0.05) is 24.0 Å². The van der Waals surface area contributed by atoms with Crippen LogP contribution in [0.1, 0.15) is 29.5 Å². The largest absolute Gasteiger partial charge is 0.422 e. The molecule has 5 rings (SSSR count). The molecule has 0 saturated heterocycles. The number of aliphatic hydroxyl groups is 1. The summed E-state index contributed by atoms with van der Waals surface area (Å²) in [4.78, 5) is 20.3. The van der Waals surface area contributed by atoms with Crippen LogP contribution in [0, 0.1) is 0 Å². The van der Waals surface area contributed by atoms with Crippen LogP contribution < -0.4 is 0 Å². The first-order valence-electron chi connectivity index (χ1n) is 10.9. The zero-order valence-corrected chi connectivity index (χ0v) is 18.8. The van der Waals surface area contributed by atoms with Crippen molar-refractivity contribution in [2.45, 2.75) is 25.1 Å². The Morgan fingerprint density at radius 1 is 1.00 bits per heavy atom. The Morgan fingerprint density at radius 3 is 2.43 bits per heavy atom. The third kappa shape index (κ3) is 5.02. The number of Topliss-reactive ketones (excluding diaryl/α,β-unsaturated/α-hetero) is 1. The number of nitrogens with zero attached hydrogens (tertiary/aromatic N) is 5. The summed E-state index contributed by atoms with van der Waals surface area (Å²) in [5.74, 6) is -1.10. The number of aromatic amines is 1. The molecule has 0 radical (unpaired) electrons. The van der Waals surface area contributed by atoms with Crippen molar-refractivity contribution in [2.24, 2.45) is 0 Å². The Labute approximate surface area is 206 Å². The molecule has 1 unspecified atom stereocenters. The number of aromatic nitrogens is 6. The van der Waals surface area contributed by atoms with Gasteiger partial charge >= 0.3 is 6.18 Å². The van der Waals surface area contributed by atoms with Gasteiger partial charge in [-0.1, -0.05) is 64.9 Å². The van der Waals surface area contributed by atoms with Crippen molar-refractivity contribution in [3.05, 3.63) is 77.9 Å². The monoisotopic (exact) mass is 510 g/mol. The molecule has 10 nitrogen and oxygen atoms in total. The molecule has 3 aromatic heterocycles. The Morgan fingerprint density at radius 2 is 1.76 bits per heavy atom. The minimum atomic E-state index is -4.80. The predicted molar refractivity (Wildman–Crippen MR) is 120 cm³/mol. The summed E-state index contributed by atoms with van der Waals surface area (Å²) >= 11 is 0. The van der Waals surface area contributed by atoms with Crippen LogP contribution in [0.2, 0.25) is 0 Å². The zero-order chi connectivity index (χ0) is 26.0. The van der Waals surface area contributed by atoms with E-state index in [1.54, 1.807) is 18.2 Å². The molecule has 188 valence electrons. The van der Waals surface area contributed by atoms with E-state index in [4.69, 9.17) is 9.05 Å². The van der Waals surface area contributed by atoms with Gasteiger partial charge in [0.15, 0.2) is 5.78 Å². The number of hydrogen-bond acceptors (Lipinski definition) is 9. The second-order valence-corrected chi connectivity index (χ2v) is 7.95. The number of hydrogen-bond donors (Lipinski definition) is 2. The first-order chi connectivity index (χ1) is 17.8. The third-order valence-corrected chi connectivity index (χ3v) is 5.51. The summed E-state index contributed by atoms with van der Waals surface area (Å²) in [5.41, 5.74) is -0.590. The summed E-state index contributed by atoms with van der Waals surface area (Å²) in [6.45, 7) is 0. The highest BCUT2D eigenvalue weighted by Gasteiger charge is 2.43. The lowest BCUT2D eigenvalue weighted by molar-refractivity contribution is -0.137. The van der Waals surface area contributed by atoms with E-state index in [0.29, 0.717) is 23.4 Å². The number of halogens is 3. The van der Waals surface area contributed by atoms with E-state index in [1.165, 1.54) is 42.7 Å². The molecule has 3 heterocycles. The van der Waals surface area contributed by atoms with Crippen molar-refractivity contribution < 1.29 is 32.1 Å². The summed E-state index contributed by atoms with van der Waals surface area (Å²) in [6, 6.07) is 13.8. The van der Waals surface area contributed by atoms with Crippen LogP contribution in [0.3, 0.4) is 0 Å². The minimum Gasteiger partial charge on any atom is -0.381 e. The highest BCUT2D eigenvalue weighted by atomic mass is 19.4. The zero-order valence-electron chi connectivity index (χ0n) is 18.8. The number of ketones is 1. The van der Waals surface area contributed by atoms with Crippen molar-refractivity contribution in [1.82, 2.24) is 30.5 Å². The van der Waals surface area contributed by atoms with E-state index in [2.05, 4.69) is 30.5 Å². The van der Waals surface area contributed by atoms with E-state index < -0.39 is 41.0 Å². The van der Waals surface area contributed by atoms with Gasteiger partial charge in [-0.25, -0.2) is 4.98 Å². The Balaban J connectivity index is 1.36. The van der Waals surface area contributed by atoms with Gasteiger partial charge < -0.3 is 14.2 Å². The Hall–Kier alpha value is -4.65. The van der Waals surface area contributed by atoms with Gasteiger partial charge in [-0.2, -0.15) is 23.3 Å². The number of H-pyrrole nitrogens is 1. The van der Waals surface area contributed by atoms with Gasteiger partial charge in [0.05, 0.1) is 0 Å². The van der Waals surface area contributed by atoms with Gasteiger partial charge in [-0.3, -0.25) is 9.89 Å². The van der Waals surface area contributed by atoms with E-state index in [1.807, 2.05) is 0 Å². The smallest absolute Gasteiger partial charge is 0.381 e. The van der Waals surface area contributed by atoms with Gasteiger partial charge in [0.2, 0.25) is 11.6 Å². The molecule has 0 aliphatic rings. The SMILES string of the molecule is O=C(CCc1ncn[nH]1)C(O)c1ccc(-c2noc(-c3onc(-c4ccccc4)c3C(F)(F)F)n2)cc1. The second-order valence-electron chi connectivity index (χ2n) is 7.95. The maximum Gasteiger partial charge on any atom is 0.422 e. The number of carbonyl (C=O) groups is 1. The number of aryl methyl sites for hydroxylation is 1. The van der Waals surface area contributed by atoms with E-state index in [-0.39, 0.29) is 17.8 Å². The van der Waals surface area contributed by atoms with E-state index in [0.717, 1.165) is 0 Å². The van der Waals surface area contributed by atoms with Crippen LogP contribution in [0.5, 0.6) is 0 Å². The molecule has 0 aliphatic heterocycles. The first-order valence-corrected chi connectivity index (χ1v) is 10.9. The van der Waals surface area contributed by atoms with Gasteiger partial charge in [0.25, 0.3) is 5.89 Å². The van der Waals surface area contributed by atoms with E-state index >= 15 is 0 Å². The molecule has 5 aromatic rings. The fourth-order valence-electron chi connectivity index (χ4n) is 3.66. The minimum absolute atomic E-state index is 0.0153. The third-order valence-electron chi connectivity index (χ3n) is 5.51. The Bertz CT molecular complexity index is 1500. The summed E-state index contributed by atoms with van der Waals surface area (Å²) < 4.78 is 51.8. The fourth-order valence-corrected chi connectivity index (χ4v) is 3.66. The maximum atomic E-state index is 13.9. The predicted octanol–water partition coefficient (Wildman–Crippen LogP) is 4.43. The molecule has 13 heteroatoms. The molecule has 0 bridgehead atoms. The number of aliphatic hydroxyl groups excluding tert-OH is 1. The van der Waals surface area contributed by atoms with Crippen LogP contribution in [0.4, 0.5) is 13.2 Å². The molecular weight excluding hydrogens is 493 g/mol. The van der Waals surface area contributed by atoms with E-state index in [9.17, 15) is 23.1 Å². The number of carbonyl (C=O) groups excluding carboxylic acids is 1. The molecule has 2 aromatic carbocycles. The topological polar surface area (TPSA) is 144 Å². The van der Waals surface area contributed by atoms with Crippen LogP contribution in [-0.2, 0) is 17.4 Å². The molecular formula is C24H17F3N6O4. The highest BCUT2D eigenvalue weighted by Crippen LogP contribution is 2.43. The second kappa shape index (κ2) is 9.78. The number of benzene rings is 2. The molecule has 1 atom stereocenters.